The van der Waals surface area contributed by atoms with Crippen LogP contribution >= 0.6 is 0 Å². The molecule has 0 bridgehead atoms. The van der Waals surface area contributed by atoms with E-state index in [4.69, 9.17) is 0 Å². The van der Waals surface area contributed by atoms with Crippen LogP contribution < -0.4 is 5.32 Å². The van der Waals surface area contributed by atoms with Crippen LogP contribution in [-0.4, -0.2) is 41.9 Å². The summed E-state index contributed by atoms with van der Waals surface area (Å²) >= 11 is 0. The first-order chi connectivity index (χ1) is 24.8. The number of aliphatic hydroxyl groups is 1. The van der Waals surface area contributed by atoms with E-state index in [0.29, 0.717) is 12.8 Å². The van der Waals surface area contributed by atoms with E-state index in [-0.39, 0.29) is 12.3 Å². The minimum Gasteiger partial charge on any atom is -0.391 e. The monoisotopic (exact) mass is 730 g/mol. The maximum absolute atomic E-state index is 12.5. The summed E-state index contributed by atoms with van der Waals surface area (Å²) in [5.74, 6) is -0.983. The molecule has 0 aromatic carbocycles. The topological polar surface area (TPSA) is 104 Å². The van der Waals surface area contributed by atoms with Crippen LogP contribution in [0.5, 0.6) is 0 Å². The first-order valence-corrected chi connectivity index (χ1v) is 21.9. The van der Waals surface area contributed by atoms with Gasteiger partial charge in [-0.2, -0.15) is 8.42 Å². The smallest absolute Gasteiger partial charge is 0.266 e. The van der Waals surface area contributed by atoms with Crippen LogP contribution in [0, 0.1) is 0 Å². The Morgan fingerprint density at radius 2 is 0.922 bits per heavy atom. The number of carbonyl (C=O) groups is 1. The van der Waals surface area contributed by atoms with Gasteiger partial charge in [0.2, 0.25) is 5.91 Å². The van der Waals surface area contributed by atoms with Gasteiger partial charge >= 0.3 is 0 Å². The van der Waals surface area contributed by atoms with Crippen LogP contribution in [0.3, 0.4) is 0 Å². The SMILES string of the molecule is CC/C=C\C/C=C\C/C=C\C/C=C\C/C=C\C/C=C\C/C=C\CCCC(=O)NC(CS(=O)(=O)O)C(O)CCCCCCCCCCCCCCC. The molecular formula is C44H75NO5S. The molecule has 7 heteroatoms. The standard InChI is InChI=1S/C44H75NO5S/c1-3-5-7-9-11-13-15-17-18-19-20-21-22-23-24-25-26-28-30-32-34-36-38-40-44(47)45-42(41-51(48,49)50)43(46)39-37-35-33-31-29-27-16-14-12-10-8-6-4-2/h5,7,11,13,17-18,20-21,23-24,26,28,32,34,42-43,46H,3-4,6,8-10,12,14-16,19,22,25,27,29-31,33,35-41H2,1-2H3,(H,45,47)(H,48,49,50)/b7-5-,13-11-,18-17-,21-20-,24-23-,28-26-,34-32-. The lowest BCUT2D eigenvalue weighted by atomic mass is 10.0. The second-order valence-electron chi connectivity index (χ2n) is 13.5. The molecule has 0 aromatic heterocycles. The van der Waals surface area contributed by atoms with Gasteiger partial charge in [0.1, 0.15) is 0 Å². The molecule has 0 heterocycles. The summed E-state index contributed by atoms with van der Waals surface area (Å²) in [5, 5.41) is 13.3. The Morgan fingerprint density at radius 3 is 1.31 bits per heavy atom. The van der Waals surface area contributed by atoms with E-state index < -0.39 is 28.0 Å². The second-order valence-corrected chi connectivity index (χ2v) is 15.0. The third-order valence-electron chi connectivity index (χ3n) is 8.61. The van der Waals surface area contributed by atoms with Gasteiger partial charge in [-0.1, -0.05) is 182 Å². The zero-order chi connectivity index (χ0) is 37.5. The molecular weight excluding hydrogens is 655 g/mol. The van der Waals surface area contributed by atoms with Crippen LogP contribution in [0.2, 0.25) is 0 Å². The number of aliphatic hydroxyl groups excluding tert-OH is 1. The first kappa shape index (κ1) is 48.5. The van der Waals surface area contributed by atoms with E-state index in [1.165, 1.54) is 64.2 Å². The highest BCUT2D eigenvalue weighted by molar-refractivity contribution is 7.85. The van der Waals surface area contributed by atoms with Gasteiger partial charge in [0.15, 0.2) is 0 Å². The Labute approximate surface area is 314 Å². The van der Waals surface area contributed by atoms with E-state index in [9.17, 15) is 22.9 Å². The summed E-state index contributed by atoms with van der Waals surface area (Å²) < 4.78 is 32.5. The lowest BCUT2D eigenvalue weighted by Crippen LogP contribution is -2.47. The second kappa shape index (κ2) is 37.3. The molecule has 292 valence electrons. The quantitative estimate of drug-likeness (QED) is 0.0342. The van der Waals surface area contributed by atoms with Crippen molar-refractivity contribution in [3.63, 3.8) is 0 Å². The van der Waals surface area contributed by atoms with Gasteiger partial charge in [-0.25, -0.2) is 0 Å². The average molecular weight is 730 g/mol. The van der Waals surface area contributed by atoms with Crippen molar-refractivity contribution in [3.8, 4) is 0 Å². The Hall–Kier alpha value is -2.48. The minimum absolute atomic E-state index is 0.234. The summed E-state index contributed by atoms with van der Waals surface area (Å²) in [7, 11) is -4.33. The first-order valence-electron chi connectivity index (χ1n) is 20.3. The molecule has 0 aliphatic carbocycles. The fourth-order valence-electron chi connectivity index (χ4n) is 5.62. The number of carbonyl (C=O) groups excluding carboxylic acids is 1. The molecule has 0 spiro atoms. The normalized spacial score (nSPS) is 14.2. The molecule has 0 aliphatic rings. The Bertz CT molecular complexity index is 1120. The third kappa shape index (κ3) is 38.6. The molecule has 0 aliphatic heterocycles. The highest BCUT2D eigenvalue weighted by Gasteiger charge is 2.26. The molecule has 0 rings (SSSR count). The summed E-state index contributed by atoms with van der Waals surface area (Å²) in [6.07, 6.45) is 53.9. The van der Waals surface area contributed by atoms with Crippen LogP contribution in [0.1, 0.15) is 168 Å². The highest BCUT2D eigenvalue weighted by Crippen LogP contribution is 2.15. The van der Waals surface area contributed by atoms with Gasteiger partial charge in [-0.15, -0.1) is 0 Å². The molecule has 0 saturated carbocycles. The number of amides is 1. The zero-order valence-electron chi connectivity index (χ0n) is 32.4. The lowest BCUT2D eigenvalue weighted by molar-refractivity contribution is -0.122. The molecule has 0 saturated heterocycles. The maximum atomic E-state index is 12.5. The molecule has 3 N–H and O–H groups in total. The van der Waals surface area contributed by atoms with Crippen LogP contribution in [-0.2, 0) is 14.9 Å². The van der Waals surface area contributed by atoms with E-state index in [1.807, 2.05) is 6.08 Å². The summed E-state index contributed by atoms with van der Waals surface area (Å²) in [5.41, 5.74) is 0. The van der Waals surface area contributed by atoms with Crippen molar-refractivity contribution >= 4 is 16.0 Å². The van der Waals surface area contributed by atoms with E-state index >= 15 is 0 Å². The molecule has 1 amide bonds. The van der Waals surface area contributed by atoms with E-state index in [0.717, 1.165) is 70.6 Å². The molecule has 0 radical (unpaired) electrons. The van der Waals surface area contributed by atoms with Crippen molar-refractivity contribution in [2.45, 2.75) is 180 Å². The highest BCUT2D eigenvalue weighted by atomic mass is 32.2. The van der Waals surface area contributed by atoms with Gasteiger partial charge < -0.3 is 10.4 Å². The van der Waals surface area contributed by atoms with Crippen LogP contribution in [0.15, 0.2) is 85.1 Å². The fraction of sp³-hybridized carbons (Fsp3) is 0.659. The number of unbranched alkanes of at least 4 members (excludes halogenated alkanes) is 13. The number of nitrogens with one attached hydrogen (secondary N) is 1. The van der Waals surface area contributed by atoms with Gasteiger partial charge in [0.25, 0.3) is 10.1 Å². The Morgan fingerprint density at radius 1 is 0.549 bits per heavy atom. The fourth-order valence-corrected chi connectivity index (χ4v) is 6.38. The van der Waals surface area contributed by atoms with Gasteiger partial charge in [-0.3, -0.25) is 9.35 Å². The number of hydrogen-bond donors (Lipinski definition) is 3. The van der Waals surface area contributed by atoms with E-state index in [1.54, 1.807) is 0 Å². The number of rotatable bonds is 35. The molecule has 2 unspecified atom stereocenters. The minimum atomic E-state index is -4.33. The predicted molar refractivity (Wildman–Crippen MR) is 220 cm³/mol. The van der Waals surface area contributed by atoms with Crippen LogP contribution in [0.4, 0.5) is 0 Å². The molecule has 0 aromatic rings. The summed E-state index contributed by atoms with van der Waals surface area (Å²) in [4.78, 5) is 12.5. The zero-order valence-corrected chi connectivity index (χ0v) is 33.3. The van der Waals surface area contributed by atoms with Gasteiger partial charge in [0, 0.05) is 6.42 Å². The van der Waals surface area contributed by atoms with Crippen LogP contribution in [0.25, 0.3) is 0 Å². The predicted octanol–water partition coefficient (Wildman–Crippen LogP) is 12.0. The molecule has 0 fully saturated rings. The van der Waals surface area contributed by atoms with Gasteiger partial charge in [-0.05, 0) is 64.2 Å². The van der Waals surface area contributed by atoms with Crippen molar-refractivity contribution in [1.82, 2.24) is 5.32 Å². The Balaban J connectivity index is 4.03. The average Bonchev–Trinajstić information content (AvgIpc) is 3.09. The molecule has 2 atom stereocenters. The van der Waals surface area contributed by atoms with Crippen molar-refractivity contribution in [2.75, 3.05) is 5.75 Å². The Kier molecular flexibility index (Phi) is 35.5. The third-order valence-corrected chi connectivity index (χ3v) is 9.39. The van der Waals surface area contributed by atoms with Gasteiger partial charge in [0.05, 0.1) is 17.9 Å². The van der Waals surface area contributed by atoms with Crippen molar-refractivity contribution in [3.05, 3.63) is 85.1 Å². The largest absolute Gasteiger partial charge is 0.391 e. The molecule has 6 nitrogen and oxygen atoms in total. The number of allylic oxidation sites excluding steroid dienone is 14. The van der Waals surface area contributed by atoms with E-state index in [2.05, 4.69) is 98.2 Å². The lowest BCUT2D eigenvalue weighted by Gasteiger charge is -2.23. The summed E-state index contributed by atoms with van der Waals surface area (Å²) in [6, 6.07) is -1.01. The number of hydrogen-bond acceptors (Lipinski definition) is 4. The van der Waals surface area contributed by atoms with Crippen molar-refractivity contribution in [1.29, 1.82) is 0 Å². The summed E-state index contributed by atoms with van der Waals surface area (Å²) in [6.45, 7) is 4.39. The van der Waals surface area contributed by atoms with Crippen molar-refractivity contribution in [2.24, 2.45) is 0 Å². The maximum Gasteiger partial charge on any atom is 0.266 e. The molecule has 51 heavy (non-hydrogen) atoms. The van der Waals surface area contributed by atoms with Crippen molar-refractivity contribution < 1.29 is 22.9 Å².